The number of nitrogens with one attached hydrogen (secondary N) is 3. The van der Waals surface area contributed by atoms with E-state index in [2.05, 4.69) is 39.2 Å². The molecule has 0 bridgehead atoms. The number of thiophene rings is 1. The Labute approximate surface area is 229 Å². The SMILES string of the molecule is C=CC(=O)Nc1cc(NCc2nc(-c3c[nH]c4ccccc34)c3sccc3n2)c(OC)cc1N1CCOCC1. The molecule has 6 rings (SSSR count). The second kappa shape index (κ2) is 10.8. The summed E-state index contributed by atoms with van der Waals surface area (Å²) in [6, 6.07) is 14.0. The Balaban J connectivity index is 1.35. The van der Waals surface area contributed by atoms with E-state index in [4.69, 9.17) is 19.4 Å². The Kier molecular flexibility index (Phi) is 6.87. The number of carbonyl (C=O) groups excluding carboxylic acids is 1. The maximum atomic E-state index is 12.3. The van der Waals surface area contributed by atoms with Crippen molar-refractivity contribution in [3.05, 3.63) is 72.5 Å². The number of morpholine rings is 1. The van der Waals surface area contributed by atoms with Crippen LogP contribution in [0.5, 0.6) is 5.75 Å². The molecule has 2 aromatic carbocycles. The molecule has 1 amide bonds. The Morgan fingerprint density at radius 2 is 2.05 bits per heavy atom. The fraction of sp³-hybridized carbons (Fsp3) is 0.207. The second-order valence-corrected chi connectivity index (χ2v) is 10.0. The van der Waals surface area contributed by atoms with Crippen molar-refractivity contribution in [3.8, 4) is 17.0 Å². The Morgan fingerprint density at radius 3 is 2.87 bits per heavy atom. The first-order valence-electron chi connectivity index (χ1n) is 12.7. The molecular formula is C29H28N6O3S. The number of ether oxygens (including phenoxy) is 2. The van der Waals surface area contributed by atoms with Gasteiger partial charge < -0.3 is 30.0 Å². The van der Waals surface area contributed by atoms with Crippen LogP contribution >= 0.6 is 11.3 Å². The molecule has 1 aliphatic rings. The van der Waals surface area contributed by atoms with E-state index in [1.807, 2.05) is 41.9 Å². The Morgan fingerprint density at radius 1 is 1.21 bits per heavy atom. The van der Waals surface area contributed by atoms with Gasteiger partial charge in [-0.2, -0.15) is 0 Å². The van der Waals surface area contributed by atoms with E-state index < -0.39 is 0 Å². The normalized spacial score (nSPS) is 13.5. The first-order chi connectivity index (χ1) is 19.1. The molecule has 39 heavy (non-hydrogen) atoms. The van der Waals surface area contributed by atoms with Crippen LogP contribution in [-0.2, 0) is 16.1 Å². The zero-order chi connectivity index (χ0) is 26.8. The highest BCUT2D eigenvalue weighted by Crippen LogP contribution is 2.38. The van der Waals surface area contributed by atoms with E-state index in [1.165, 1.54) is 6.08 Å². The molecule has 0 aliphatic carbocycles. The molecule has 1 saturated heterocycles. The van der Waals surface area contributed by atoms with E-state index in [-0.39, 0.29) is 5.91 Å². The van der Waals surface area contributed by atoms with Crippen molar-refractivity contribution < 1.29 is 14.3 Å². The average Bonchev–Trinajstić information content (AvgIpc) is 3.63. The van der Waals surface area contributed by atoms with Crippen molar-refractivity contribution >= 4 is 55.4 Å². The molecule has 0 atom stereocenters. The second-order valence-electron chi connectivity index (χ2n) is 9.09. The Hall–Kier alpha value is -4.41. The van der Waals surface area contributed by atoms with Crippen molar-refractivity contribution in [2.75, 3.05) is 48.9 Å². The first kappa shape index (κ1) is 24.9. The lowest BCUT2D eigenvalue weighted by Gasteiger charge is -2.31. The topological polar surface area (TPSA) is 104 Å². The van der Waals surface area contributed by atoms with Crippen molar-refractivity contribution in [2.24, 2.45) is 0 Å². The van der Waals surface area contributed by atoms with E-state index in [9.17, 15) is 4.79 Å². The van der Waals surface area contributed by atoms with Crippen LogP contribution in [-0.4, -0.2) is 54.3 Å². The maximum Gasteiger partial charge on any atom is 0.247 e. The van der Waals surface area contributed by atoms with Crippen LogP contribution < -0.4 is 20.3 Å². The smallest absolute Gasteiger partial charge is 0.247 e. The number of carbonyl (C=O) groups is 1. The minimum Gasteiger partial charge on any atom is -0.495 e. The lowest BCUT2D eigenvalue weighted by Crippen LogP contribution is -2.36. The molecule has 198 valence electrons. The number of aromatic amines is 1. The number of anilines is 3. The molecule has 4 heterocycles. The maximum absolute atomic E-state index is 12.3. The highest BCUT2D eigenvalue weighted by atomic mass is 32.1. The summed E-state index contributed by atoms with van der Waals surface area (Å²) >= 11 is 1.63. The molecule has 0 spiro atoms. The fourth-order valence-electron chi connectivity index (χ4n) is 4.84. The van der Waals surface area contributed by atoms with Gasteiger partial charge in [0.15, 0.2) is 0 Å². The molecule has 10 heteroatoms. The van der Waals surface area contributed by atoms with Crippen molar-refractivity contribution in [1.29, 1.82) is 0 Å². The summed E-state index contributed by atoms with van der Waals surface area (Å²) in [5.41, 5.74) is 6.17. The number of fused-ring (bicyclic) bond motifs is 2. The first-order valence-corrected chi connectivity index (χ1v) is 13.5. The van der Waals surface area contributed by atoms with Crippen LogP contribution in [0.3, 0.4) is 0 Å². The quantitative estimate of drug-likeness (QED) is 0.226. The summed E-state index contributed by atoms with van der Waals surface area (Å²) in [4.78, 5) is 27.6. The van der Waals surface area contributed by atoms with Crippen LogP contribution in [0.2, 0.25) is 0 Å². The predicted octanol–water partition coefficient (Wildman–Crippen LogP) is 5.42. The van der Waals surface area contributed by atoms with E-state index in [0.29, 0.717) is 37.0 Å². The summed E-state index contributed by atoms with van der Waals surface area (Å²) in [5, 5.41) is 9.54. The van der Waals surface area contributed by atoms with Gasteiger partial charge in [0, 0.05) is 41.8 Å². The molecule has 1 aliphatic heterocycles. The summed E-state index contributed by atoms with van der Waals surface area (Å²) in [5.74, 6) is 1.02. The standard InChI is InChI=1S/C29H28N6O3S/c1-3-27(36)33-22-14-23(25(37-2)15-24(22)35-9-11-38-12-10-35)31-17-26-32-21-8-13-39-29(21)28(34-26)19-16-30-20-7-5-4-6-18(19)20/h3-8,13-16,30-31H,1,9-12,17H2,2H3,(H,33,36). The van der Waals surface area contributed by atoms with Crippen LogP contribution in [0, 0.1) is 0 Å². The third-order valence-electron chi connectivity index (χ3n) is 6.74. The molecule has 1 fully saturated rings. The average molecular weight is 541 g/mol. The van der Waals surface area contributed by atoms with E-state index in [1.54, 1.807) is 18.4 Å². The number of para-hydroxylation sites is 1. The number of benzene rings is 2. The van der Waals surface area contributed by atoms with Gasteiger partial charge in [0.05, 0.1) is 59.8 Å². The number of H-pyrrole nitrogens is 1. The van der Waals surface area contributed by atoms with Gasteiger partial charge in [-0.1, -0.05) is 24.8 Å². The molecular weight excluding hydrogens is 512 g/mol. The minimum atomic E-state index is -0.282. The number of hydrogen-bond donors (Lipinski definition) is 3. The van der Waals surface area contributed by atoms with Gasteiger partial charge in [0.2, 0.25) is 5.91 Å². The van der Waals surface area contributed by atoms with Crippen molar-refractivity contribution in [2.45, 2.75) is 6.54 Å². The zero-order valence-corrected chi connectivity index (χ0v) is 22.3. The number of amides is 1. The van der Waals surface area contributed by atoms with Crippen molar-refractivity contribution in [3.63, 3.8) is 0 Å². The fourth-order valence-corrected chi connectivity index (χ4v) is 5.68. The third-order valence-corrected chi connectivity index (χ3v) is 7.65. The van der Waals surface area contributed by atoms with Crippen LogP contribution in [0.4, 0.5) is 17.1 Å². The third kappa shape index (κ3) is 4.91. The molecule has 0 unspecified atom stereocenters. The molecule has 5 aromatic rings. The summed E-state index contributed by atoms with van der Waals surface area (Å²) < 4.78 is 12.3. The highest BCUT2D eigenvalue weighted by Gasteiger charge is 2.20. The van der Waals surface area contributed by atoms with Gasteiger partial charge >= 0.3 is 0 Å². The van der Waals surface area contributed by atoms with E-state index in [0.717, 1.165) is 56.8 Å². The van der Waals surface area contributed by atoms with Crippen LogP contribution in [0.15, 0.2) is 66.7 Å². The monoisotopic (exact) mass is 540 g/mol. The van der Waals surface area contributed by atoms with Gasteiger partial charge in [0.1, 0.15) is 11.6 Å². The summed E-state index contributed by atoms with van der Waals surface area (Å²) in [6.45, 7) is 6.65. The predicted molar refractivity (Wildman–Crippen MR) is 157 cm³/mol. The van der Waals surface area contributed by atoms with Crippen molar-refractivity contribution in [1.82, 2.24) is 15.0 Å². The molecule has 9 nitrogen and oxygen atoms in total. The molecule has 3 aromatic heterocycles. The lowest BCUT2D eigenvalue weighted by atomic mass is 10.1. The van der Waals surface area contributed by atoms with Gasteiger partial charge in [0.25, 0.3) is 0 Å². The molecule has 0 saturated carbocycles. The number of aromatic nitrogens is 3. The van der Waals surface area contributed by atoms with Crippen LogP contribution in [0.25, 0.3) is 32.4 Å². The van der Waals surface area contributed by atoms with Gasteiger partial charge in [-0.25, -0.2) is 9.97 Å². The van der Waals surface area contributed by atoms with Gasteiger partial charge in [-0.15, -0.1) is 11.3 Å². The zero-order valence-electron chi connectivity index (χ0n) is 21.5. The number of methoxy groups -OCH3 is 1. The van der Waals surface area contributed by atoms with Gasteiger partial charge in [-0.3, -0.25) is 4.79 Å². The summed E-state index contributed by atoms with van der Waals surface area (Å²) in [7, 11) is 1.63. The highest BCUT2D eigenvalue weighted by molar-refractivity contribution is 7.17. The lowest BCUT2D eigenvalue weighted by molar-refractivity contribution is -0.111. The number of hydrogen-bond acceptors (Lipinski definition) is 8. The number of nitrogens with zero attached hydrogens (tertiary/aromatic N) is 3. The van der Waals surface area contributed by atoms with E-state index >= 15 is 0 Å². The summed E-state index contributed by atoms with van der Waals surface area (Å²) in [6.07, 6.45) is 3.27. The largest absolute Gasteiger partial charge is 0.495 e. The Bertz CT molecular complexity index is 1670. The van der Waals surface area contributed by atoms with Gasteiger partial charge in [-0.05, 0) is 29.7 Å². The molecule has 3 N–H and O–H groups in total. The van der Waals surface area contributed by atoms with Crippen LogP contribution in [0.1, 0.15) is 5.82 Å². The number of rotatable bonds is 8. The molecule has 0 radical (unpaired) electrons. The minimum absolute atomic E-state index is 0.282.